The van der Waals surface area contributed by atoms with E-state index < -0.39 is 0 Å². The molecule has 0 heterocycles. The molecule has 0 N–H and O–H groups in total. The van der Waals surface area contributed by atoms with E-state index >= 15 is 0 Å². The van der Waals surface area contributed by atoms with Gasteiger partial charge in [0.05, 0.1) is 12.7 Å². The van der Waals surface area contributed by atoms with E-state index in [-0.39, 0.29) is 0 Å². The quantitative estimate of drug-likeness (QED) is 0.577. The maximum atomic E-state index is 5.48. The molecule has 0 aromatic heterocycles. The second kappa shape index (κ2) is 3.59. The summed E-state index contributed by atoms with van der Waals surface area (Å²) < 4.78 is 5.44. The molecule has 0 saturated heterocycles. The van der Waals surface area contributed by atoms with Crippen LogP contribution >= 0.6 is 11.6 Å². The lowest BCUT2D eigenvalue weighted by molar-refractivity contribution is 0.117. The first-order chi connectivity index (χ1) is 4.75. The zero-order valence-electron chi connectivity index (χ0n) is 6.64. The minimum Gasteiger partial charge on any atom is -0.377 e. The van der Waals surface area contributed by atoms with Crippen LogP contribution in [0.3, 0.4) is 0 Å². The molecule has 0 unspecified atom stereocenters. The van der Waals surface area contributed by atoms with Gasteiger partial charge in [-0.15, -0.1) is 11.6 Å². The fourth-order valence-corrected chi connectivity index (χ4v) is 1.37. The SMILES string of the molecule is CC(C)[C@@H]1C[C@H]1OCCCl. The van der Waals surface area contributed by atoms with Gasteiger partial charge in [-0.25, -0.2) is 0 Å². The lowest BCUT2D eigenvalue weighted by Gasteiger charge is -2.02. The van der Waals surface area contributed by atoms with Gasteiger partial charge in [-0.05, 0) is 18.3 Å². The number of hydrogen-bond acceptors (Lipinski definition) is 1. The van der Waals surface area contributed by atoms with Crippen LogP contribution in [-0.4, -0.2) is 18.6 Å². The standard InChI is InChI=1S/C8H15ClO/c1-6(2)7-5-8(7)10-4-3-9/h6-8H,3-5H2,1-2H3/t7-,8+/m0/s1. The lowest BCUT2D eigenvalue weighted by atomic mass is 10.1. The Morgan fingerprint density at radius 1 is 1.60 bits per heavy atom. The van der Waals surface area contributed by atoms with Gasteiger partial charge >= 0.3 is 0 Å². The van der Waals surface area contributed by atoms with E-state index in [2.05, 4.69) is 13.8 Å². The zero-order chi connectivity index (χ0) is 7.56. The maximum absolute atomic E-state index is 5.48. The van der Waals surface area contributed by atoms with Gasteiger partial charge in [0, 0.05) is 5.88 Å². The van der Waals surface area contributed by atoms with Gasteiger partial charge in [-0.3, -0.25) is 0 Å². The molecular formula is C8H15ClO. The van der Waals surface area contributed by atoms with E-state index in [1.54, 1.807) is 0 Å². The van der Waals surface area contributed by atoms with E-state index in [1.807, 2.05) is 0 Å². The highest BCUT2D eigenvalue weighted by Crippen LogP contribution is 2.39. The normalized spacial score (nSPS) is 31.2. The van der Waals surface area contributed by atoms with Crippen LogP contribution in [0.25, 0.3) is 0 Å². The average Bonchev–Trinajstić information content (AvgIpc) is 2.62. The van der Waals surface area contributed by atoms with Crippen LogP contribution in [0.15, 0.2) is 0 Å². The van der Waals surface area contributed by atoms with Gasteiger partial charge in [0.25, 0.3) is 0 Å². The number of alkyl halides is 1. The average molecular weight is 163 g/mol. The summed E-state index contributed by atoms with van der Waals surface area (Å²) in [5.74, 6) is 2.21. The molecule has 0 aliphatic heterocycles. The summed E-state index contributed by atoms with van der Waals surface area (Å²) in [5.41, 5.74) is 0. The van der Waals surface area contributed by atoms with Crippen molar-refractivity contribution >= 4 is 11.6 Å². The monoisotopic (exact) mass is 162 g/mol. The molecule has 1 aliphatic carbocycles. The molecule has 1 nitrogen and oxygen atoms in total. The molecule has 0 amide bonds. The van der Waals surface area contributed by atoms with Gasteiger partial charge < -0.3 is 4.74 Å². The molecule has 0 radical (unpaired) electrons. The van der Waals surface area contributed by atoms with Crippen LogP contribution in [0.4, 0.5) is 0 Å². The Hall–Kier alpha value is 0.250. The molecule has 1 rings (SSSR count). The van der Waals surface area contributed by atoms with Gasteiger partial charge in [-0.1, -0.05) is 13.8 Å². The van der Waals surface area contributed by atoms with Crippen LogP contribution < -0.4 is 0 Å². The largest absolute Gasteiger partial charge is 0.377 e. The third-order valence-electron chi connectivity index (χ3n) is 2.04. The second-order valence-corrected chi connectivity index (χ2v) is 3.62. The van der Waals surface area contributed by atoms with Gasteiger partial charge in [0.15, 0.2) is 0 Å². The minimum absolute atomic E-state index is 0.527. The molecule has 1 aliphatic rings. The molecule has 2 heteroatoms. The van der Waals surface area contributed by atoms with Crippen LogP contribution in [-0.2, 0) is 4.74 Å². The van der Waals surface area contributed by atoms with Crippen molar-refractivity contribution in [1.29, 1.82) is 0 Å². The topological polar surface area (TPSA) is 9.23 Å². The van der Waals surface area contributed by atoms with Crippen molar-refractivity contribution in [3.8, 4) is 0 Å². The second-order valence-electron chi connectivity index (χ2n) is 3.24. The Morgan fingerprint density at radius 2 is 2.30 bits per heavy atom. The fourth-order valence-electron chi connectivity index (χ4n) is 1.28. The third kappa shape index (κ3) is 2.14. The van der Waals surface area contributed by atoms with Gasteiger partial charge in [0.2, 0.25) is 0 Å². The Labute approximate surface area is 67.7 Å². The van der Waals surface area contributed by atoms with E-state index in [9.17, 15) is 0 Å². The predicted molar refractivity (Wildman–Crippen MR) is 43.4 cm³/mol. The fraction of sp³-hybridized carbons (Fsp3) is 1.00. The highest BCUT2D eigenvalue weighted by molar-refractivity contribution is 6.17. The smallest absolute Gasteiger partial charge is 0.0610 e. The molecule has 60 valence electrons. The molecule has 0 spiro atoms. The van der Waals surface area contributed by atoms with Crippen molar-refractivity contribution in [2.24, 2.45) is 11.8 Å². The van der Waals surface area contributed by atoms with E-state index in [4.69, 9.17) is 16.3 Å². The summed E-state index contributed by atoms with van der Waals surface area (Å²) in [4.78, 5) is 0. The van der Waals surface area contributed by atoms with Gasteiger partial charge in [-0.2, -0.15) is 0 Å². The molecule has 0 aromatic carbocycles. The van der Waals surface area contributed by atoms with Crippen LogP contribution in [0.2, 0.25) is 0 Å². The van der Waals surface area contributed by atoms with Crippen molar-refractivity contribution in [1.82, 2.24) is 0 Å². The molecular weight excluding hydrogens is 148 g/mol. The number of rotatable bonds is 4. The Balaban J connectivity index is 2.02. The lowest BCUT2D eigenvalue weighted by Crippen LogP contribution is -2.03. The summed E-state index contributed by atoms with van der Waals surface area (Å²) in [6.45, 7) is 5.21. The zero-order valence-corrected chi connectivity index (χ0v) is 7.40. The highest BCUT2D eigenvalue weighted by atomic mass is 35.5. The minimum atomic E-state index is 0.527. The third-order valence-corrected chi connectivity index (χ3v) is 2.20. The summed E-state index contributed by atoms with van der Waals surface area (Å²) in [5, 5.41) is 0. The van der Waals surface area contributed by atoms with Crippen LogP contribution in [0, 0.1) is 11.8 Å². The van der Waals surface area contributed by atoms with E-state index in [0.29, 0.717) is 12.0 Å². The molecule has 0 aromatic rings. The first-order valence-corrected chi connectivity index (χ1v) is 4.46. The maximum Gasteiger partial charge on any atom is 0.0610 e. The predicted octanol–water partition coefficient (Wildman–Crippen LogP) is 2.29. The van der Waals surface area contributed by atoms with Crippen LogP contribution in [0.1, 0.15) is 20.3 Å². The summed E-state index contributed by atoms with van der Waals surface area (Å²) in [7, 11) is 0. The highest BCUT2D eigenvalue weighted by Gasteiger charge is 2.39. The van der Waals surface area contributed by atoms with Crippen molar-refractivity contribution in [2.75, 3.05) is 12.5 Å². The summed E-state index contributed by atoms with van der Waals surface area (Å²) in [6, 6.07) is 0. The molecule has 1 fully saturated rings. The molecule has 2 atom stereocenters. The van der Waals surface area contributed by atoms with E-state index in [0.717, 1.165) is 18.4 Å². The first-order valence-electron chi connectivity index (χ1n) is 3.93. The number of halogens is 1. The van der Waals surface area contributed by atoms with Crippen molar-refractivity contribution in [3.63, 3.8) is 0 Å². The van der Waals surface area contributed by atoms with Crippen LogP contribution in [0.5, 0.6) is 0 Å². The Morgan fingerprint density at radius 3 is 2.70 bits per heavy atom. The Bertz CT molecular complexity index is 103. The van der Waals surface area contributed by atoms with Crippen molar-refractivity contribution < 1.29 is 4.74 Å². The number of hydrogen-bond donors (Lipinski definition) is 0. The summed E-state index contributed by atoms with van der Waals surface area (Å²) >= 11 is 5.48. The van der Waals surface area contributed by atoms with Gasteiger partial charge in [0.1, 0.15) is 0 Å². The first kappa shape index (κ1) is 8.35. The van der Waals surface area contributed by atoms with Crippen molar-refractivity contribution in [2.45, 2.75) is 26.4 Å². The molecule has 0 bridgehead atoms. The number of ether oxygens (including phenoxy) is 1. The van der Waals surface area contributed by atoms with E-state index in [1.165, 1.54) is 6.42 Å². The molecule has 10 heavy (non-hydrogen) atoms. The Kier molecular flexibility index (Phi) is 2.99. The summed E-state index contributed by atoms with van der Waals surface area (Å²) in [6.07, 6.45) is 1.77. The molecule has 1 saturated carbocycles. The van der Waals surface area contributed by atoms with Crippen molar-refractivity contribution in [3.05, 3.63) is 0 Å².